The van der Waals surface area contributed by atoms with Gasteiger partial charge in [-0.2, -0.15) is 0 Å². The Bertz CT molecular complexity index is 908. The lowest BCUT2D eigenvalue weighted by atomic mass is 9.90. The van der Waals surface area contributed by atoms with Crippen molar-refractivity contribution in [2.75, 3.05) is 26.4 Å². The Labute approximate surface area is 159 Å². The lowest BCUT2D eigenvalue weighted by Gasteiger charge is -2.41. The number of halogens is 2. The summed E-state index contributed by atoms with van der Waals surface area (Å²) in [5.74, 6) is 1.54. The summed E-state index contributed by atoms with van der Waals surface area (Å²) >= 11 is 0. The minimum Gasteiger partial charge on any atom is -0.386 e. The predicted octanol–water partition coefficient (Wildman–Crippen LogP) is 1.72. The van der Waals surface area contributed by atoms with Gasteiger partial charge in [-0.1, -0.05) is 0 Å². The van der Waals surface area contributed by atoms with E-state index in [-0.39, 0.29) is 35.9 Å². The van der Waals surface area contributed by atoms with Crippen LogP contribution in [0, 0.1) is 11.6 Å². The largest absolute Gasteiger partial charge is 0.386 e. The number of amidine groups is 1. The van der Waals surface area contributed by atoms with Crippen LogP contribution in [0.1, 0.15) is 31.9 Å². The minimum absolute atomic E-state index is 0.0388. The zero-order chi connectivity index (χ0) is 20.8. The quantitative estimate of drug-likeness (QED) is 0.765. The van der Waals surface area contributed by atoms with Crippen LogP contribution in [-0.4, -0.2) is 57.7 Å². The number of benzene rings is 1. The number of likely N-dealkylation sites (N-methyl/N-ethyl adjacent to an activating group) is 1. The van der Waals surface area contributed by atoms with E-state index < -0.39 is 31.4 Å². The van der Waals surface area contributed by atoms with Gasteiger partial charge in [0.15, 0.2) is 17.4 Å². The van der Waals surface area contributed by atoms with E-state index in [1.807, 2.05) is 0 Å². The van der Waals surface area contributed by atoms with Crippen LogP contribution >= 0.6 is 0 Å². The van der Waals surface area contributed by atoms with E-state index in [0.29, 0.717) is 5.56 Å². The van der Waals surface area contributed by atoms with Gasteiger partial charge in [0.05, 0.1) is 16.8 Å². The first kappa shape index (κ1) is 21.5. The van der Waals surface area contributed by atoms with Crippen LogP contribution in [0.15, 0.2) is 17.1 Å². The summed E-state index contributed by atoms with van der Waals surface area (Å²) in [4.78, 5) is 18.1. The summed E-state index contributed by atoms with van der Waals surface area (Å²) in [6.45, 7) is 5.10. The van der Waals surface area contributed by atoms with Crippen molar-refractivity contribution in [1.82, 2.24) is 4.90 Å². The molecule has 1 heterocycles. The first-order valence-electron chi connectivity index (χ1n) is 8.55. The van der Waals surface area contributed by atoms with Gasteiger partial charge in [0, 0.05) is 17.7 Å². The number of nitrogens with zero attached hydrogens (tertiary/aromatic N) is 2. The van der Waals surface area contributed by atoms with E-state index in [0.717, 1.165) is 6.07 Å². The Morgan fingerprint density at radius 1 is 1.33 bits per heavy atom. The number of ketones is 1. The van der Waals surface area contributed by atoms with Gasteiger partial charge in [0.25, 0.3) is 0 Å². The number of carbonyl (C=O) groups is 1. The molecule has 0 spiro atoms. The van der Waals surface area contributed by atoms with Crippen LogP contribution in [-0.2, 0) is 26.3 Å². The Balaban J connectivity index is 2.55. The summed E-state index contributed by atoms with van der Waals surface area (Å²) in [6.07, 6.45) is -0.0388. The van der Waals surface area contributed by atoms with Gasteiger partial charge in [0.2, 0.25) is 0 Å². The highest BCUT2D eigenvalue weighted by Gasteiger charge is 2.46. The molecular formula is C19H27F2N3O2S. The molecule has 1 aliphatic rings. The van der Waals surface area contributed by atoms with Crippen molar-refractivity contribution in [3.05, 3.63) is 34.9 Å². The number of aliphatic imine (C=N–C) groups is 1. The normalized spacial score (nSPS) is 27.5. The number of rotatable bonds is 5. The SMILES string of the molecule is C=S1(=O)C[C@@](C)(c2cc(CC(=O)CN(C)C)cc(F)c2F)N=C(N)C1(C)C. The van der Waals surface area contributed by atoms with Crippen molar-refractivity contribution in [3.8, 4) is 0 Å². The highest BCUT2D eigenvalue weighted by molar-refractivity contribution is 8.02. The topological polar surface area (TPSA) is 75.8 Å². The van der Waals surface area contributed by atoms with Crippen molar-refractivity contribution in [2.24, 2.45) is 10.7 Å². The average Bonchev–Trinajstić information content (AvgIpc) is 2.47. The van der Waals surface area contributed by atoms with Crippen LogP contribution < -0.4 is 5.73 Å². The molecule has 2 atom stereocenters. The minimum atomic E-state index is -2.77. The van der Waals surface area contributed by atoms with Crippen molar-refractivity contribution in [3.63, 3.8) is 0 Å². The Morgan fingerprint density at radius 2 is 1.93 bits per heavy atom. The van der Waals surface area contributed by atoms with E-state index >= 15 is 0 Å². The molecule has 0 radical (unpaired) electrons. The molecule has 27 heavy (non-hydrogen) atoms. The number of nitrogens with two attached hydrogens (primary N) is 1. The summed E-state index contributed by atoms with van der Waals surface area (Å²) in [5, 5.41) is 0. The maximum Gasteiger partial charge on any atom is 0.164 e. The van der Waals surface area contributed by atoms with Gasteiger partial charge in [-0.25, -0.2) is 8.78 Å². The molecule has 0 saturated carbocycles. The average molecular weight is 400 g/mol. The lowest BCUT2D eigenvalue weighted by Crippen LogP contribution is -2.54. The van der Waals surface area contributed by atoms with E-state index in [1.165, 1.54) is 6.07 Å². The fourth-order valence-electron chi connectivity index (χ4n) is 3.17. The molecule has 0 aromatic heterocycles. The summed E-state index contributed by atoms with van der Waals surface area (Å²) < 4.78 is 41.0. The summed E-state index contributed by atoms with van der Waals surface area (Å²) in [7, 11) is 0.738. The van der Waals surface area contributed by atoms with Crippen molar-refractivity contribution in [1.29, 1.82) is 0 Å². The fraction of sp³-hybridized carbons (Fsp3) is 0.526. The Hall–Kier alpha value is -1.80. The summed E-state index contributed by atoms with van der Waals surface area (Å²) in [6, 6.07) is 2.42. The monoisotopic (exact) mass is 399 g/mol. The van der Waals surface area contributed by atoms with Crippen molar-refractivity contribution >= 4 is 27.0 Å². The van der Waals surface area contributed by atoms with E-state index in [4.69, 9.17) is 5.73 Å². The van der Waals surface area contributed by atoms with Gasteiger partial charge in [-0.05, 0) is 68.0 Å². The van der Waals surface area contributed by atoms with Crippen molar-refractivity contribution in [2.45, 2.75) is 37.5 Å². The molecule has 2 rings (SSSR count). The van der Waals surface area contributed by atoms with Gasteiger partial charge in [-0.3, -0.25) is 14.0 Å². The Morgan fingerprint density at radius 3 is 2.44 bits per heavy atom. The molecule has 0 bridgehead atoms. The molecule has 0 amide bonds. The van der Waals surface area contributed by atoms with Gasteiger partial charge in [0.1, 0.15) is 5.84 Å². The fourth-order valence-corrected chi connectivity index (χ4v) is 5.09. The molecule has 1 aromatic carbocycles. The molecule has 5 nitrogen and oxygen atoms in total. The van der Waals surface area contributed by atoms with Crippen LogP contribution in [0.4, 0.5) is 8.78 Å². The van der Waals surface area contributed by atoms with Gasteiger partial charge < -0.3 is 10.6 Å². The number of hydrogen-bond donors (Lipinski definition) is 1. The first-order valence-corrected chi connectivity index (χ1v) is 10.4. The van der Waals surface area contributed by atoms with Crippen LogP contribution in [0.3, 0.4) is 0 Å². The smallest absolute Gasteiger partial charge is 0.164 e. The molecule has 2 N–H and O–H groups in total. The first-order chi connectivity index (χ1) is 12.2. The second-order valence-electron chi connectivity index (χ2n) is 8.13. The third-order valence-corrected chi connectivity index (χ3v) is 8.09. The third-order valence-electron chi connectivity index (χ3n) is 4.99. The molecular weight excluding hydrogens is 372 g/mol. The standard InChI is InChI=1S/C19H27F2N3O2S/c1-18(2)17(22)23-19(3,11-27(18,6)26)14-8-12(9-15(20)16(14)21)7-13(25)10-24(4)5/h8-9H,6-7,10-11H2,1-5H3,(H2,22,23)/t19-,27?/m0/s1. The van der Waals surface area contributed by atoms with Gasteiger partial charge in [-0.15, -0.1) is 0 Å². The van der Waals surface area contributed by atoms with Crippen LogP contribution in [0.5, 0.6) is 0 Å². The molecule has 1 aromatic rings. The molecule has 8 heteroatoms. The van der Waals surface area contributed by atoms with Crippen LogP contribution in [0.2, 0.25) is 0 Å². The predicted molar refractivity (Wildman–Crippen MR) is 107 cm³/mol. The van der Waals surface area contributed by atoms with E-state index in [9.17, 15) is 17.8 Å². The molecule has 0 aliphatic carbocycles. The number of carbonyl (C=O) groups excluding carboxylic acids is 1. The van der Waals surface area contributed by atoms with Crippen LogP contribution in [0.25, 0.3) is 0 Å². The molecule has 0 saturated heterocycles. The lowest BCUT2D eigenvalue weighted by molar-refractivity contribution is -0.119. The zero-order valence-electron chi connectivity index (χ0n) is 16.4. The second kappa shape index (κ2) is 6.98. The summed E-state index contributed by atoms with van der Waals surface area (Å²) in [5.41, 5.74) is 4.96. The molecule has 150 valence electrons. The highest BCUT2D eigenvalue weighted by Crippen LogP contribution is 2.38. The van der Waals surface area contributed by atoms with Gasteiger partial charge >= 0.3 is 0 Å². The maximum atomic E-state index is 14.6. The van der Waals surface area contributed by atoms with E-state index in [1.54, 1.807) is 39.8 Å². The highest BCUT2D eigenvalue weighted by atomic mass is 32.2. The molecule has 0 fully saturated rings. The number of hydrogen-bond acceptors (Lipinski definition) is 5. The number of Topliss-reactive ketones (excluding diaryl/α,β-unsaturated/α-hetero) is 1. The third kappa shape index (κ3) is 4.06. The zero-order valence-corrected chi connectivity index (χ0v) is 17.3. The Kier molecular flexibility index (Phi) is 5.56. The molecule has 1 aliphatic heterocycles. The van der Waals surface area contributed by atoms with E-state index in [2.05, 4.69) is 10.9 Å². The second-order valence-corrected chi connectivity index (χ2v) is 11.1. The molecule has 1 unspecified atom stereocenters. The maximum absolute atomic E-state index is 14.6. The van der Waals surface area contributed by atoms with Crippen molar-refractivity contribution < 1.29 is 17.8 Å².